The number of rotatable bonds is 6. The number of carbonyl (C=O) groups excluding carboxylic acids is 2. The first-order chi connectivity index (χ1) is 12.6. The smallest absolute Gasteiger partial charge is 0.255 e. The summed E-state index contributed by atoms with van der Waals surface area (Å²) in [5.74, 6) is -0.290. The summed E-state index contributed by atoms with van der Waals surface area (Å²) in [6.45, 7) is 2.27. The first-order valence-electron chi connectivity index (χ1n) is 8.30. The van der Waals surface area contributed by atoms with Gasteiger partial charge in [-0.15, -0.1) is 12.4 Å². The first-order valence-corrected chi connectivity index (χ1v) is 8.30. The van der Waals surface area contributed by atoms with Gasteiger partial charge >= 0.3 is 0 Å². The summed E-state index contributed by atoms with van der Waals surface area (Å²) >= 11 is 0. The van der Waals surface area contributed by atoms with E-state index in [-0.39, 0.29) is 29.6 Å². The molecule has 0 spiro atoms. The second-order valence-corrected chi connectivity index (χ2v) is 6.11. The molecule has 1 heterocycles. The van der Waals surface area contributed by atoms with E-state index in [2.05, 4.69) is 16.0 Å². The van der Waals surface area contributed by atoms with Gasteiger partial charge in [0.05, 0.1) is 18.4 Å². The minimum absolute atomic E-state index is 0. The van der Waals surface area contributed by atoms with Gasteiger partial charge in [0.1, 0.15) is 11.6 Å². The van der Waals surface area contributed by atoms with Gasteiger partial charge in [-0.05, 0) is 42.5 Å². The molecule has 0 radical (unpaired) electrons. The lowest BCUT2D eigenvalue weighted by molar-refractivity contribution is 0.0943. The second-order valence-electron chi connectivity index (χ2n) is 6.11. The third-order valence-electron chi connectivity index (χ3n) is 4.24. The molecule has 0 aromatic heterocycles. The maximum Gasteiger partial charge on any atom is 0.255 e. The number of nitrogens with one attached hydrogen (secondary N) is 3. The van der Waals surface area contributed by atoms with E-state index in [0.717, 1.165) is 19.2 Å². The van der Waals surface area contributed by atoms with E-state index in [1.54, 1.807) is 24.3 Å². The predicted octanol–water partition coefficient (Wildman–Crippen LogP) is 2.46. The van der Waals surface area contributed by atoms with Crippen molar-refractivity contribution < 1.29 is 18.7 Å². The van der Waals surface area contributed by atoms with Crippen LogP contribution in [0.3, 0.4) is 0 Å². The zero-order valence-electron chi connectivity index (χ0n) is 14.8. The van der Waals surface area contributed by atoms with Crippen molar-refractivity contribution in [3.05, 3.63) is 59.4 Å². The fraction of sp³-hybridized carbons (Fsp3) is 0.263. The van der Waals surface area contributed by atoms with Gasteiger partial charge in [-0.3, -0.25) is 9.59 Å². The number of anilines is 1. The average molecular weight is 394 g/mol. The van der Waals surface area contributed by atoms with Crippen LogP contribution in [-0.2, 0) is 0 Å². The highest BCUT2D eigenvalue weighted by Gasteiger charge is 2.20. The SMILES string of the molecule is COc1ccc(C(=O)Nc2cc(F)ccc2C(=O)NCC2CNC2)cc1.Cl. The Bertz CT molecular complexity index is 810. The largest absolute Gasteiger partial charge is 0.497 e. The summed E-state index contributed by atoms with van der Waals surface area (Å²) in [6.07, 6.45) is 0. The van der Waals surface area contributed by atoms with Crippen molar-refractivity contribution in [1.29, 1.82) is 0 Å². The lowest BCUT2D eigenvalue weighted by Crippen LogP contribution is -2.48. The molecule has 1 aliphatic rings. The molecule has 144 valence electrons. The monoisotopic (exact) mass is 393 g/mol. The van der Waals surface area contributed by atoms with Crippen LogP contribution in [0.4, 0.5) is 10.1 Å². The summed E-state index contributed by atoms with van der Waals surface area (Å²) in [4.78, 5) is 24.8. The Morgan fingerprint density at radius 1 is 1.15 bits per heavy atom. The summed E-state index contributed by atoms with van der Waals surface area (Å²) in [5.41, 5.74) is 0.734. The zero-order chi connectivity index (χ0) is 18.5. The average Bonchev–Trinajstić information content (AvgIpc) is 2.60. The second kappa shape index (κ2) is 9.34. The number of hydrogen-bond acceptors (Lipinski definition) is 4. The van der Waals surface area contributed by atoms with Crippen LogP contribution in [0.15, 0.2) is 42.5 Å². The molecule has 1 fully saturated rings. The molecule has 3 rings (SSSR count). The molecule has 1 aliphatic heterocycles. The highest BCUT2D eigenvalue weighted by Crippen LogP contribution is 2.19. The summed E-state index contributed by atoms with van der Waals surface area (Å²) in [6, 6.07) is 10.2. The predicted molar refractivity (Wildman–Crippen MR) is 103 cm³/mol. The maximum absolute atomic E-state index is 13.6. The van der Waals surface area contributed by atoms with E-state index in [0.29, 0.717) is 23.8 Å². The van der Waals surface area contributed by atoms with Crippen LogP contribution in [0.1, 0.15) is 20.7 Å². The molecular formula is C19H21ClFN3O3. The van der Waals surface area contributed by atoms with E-state index in [4.69, 9.17) is 4.74 Å². The van der Waals surface area contributed by atoms with Crippen LogP contribution in [-0.4, -0.2) is 38.6 Å². The van der Waals surface area contributed by atoms with Crippen molar-refractivity contribution in [1.82, 2.24) is 10.6 Å². The minimum Gasteiger partial charge on any atom is -0.497 e. The molecule has 0 atom stereocenters. The van der Waals surface area contributed by atoms with Crippen LogP contribution < -0.4 is 20.7 Å². The number of carbonyl (C=O) groups is 2. The number of hydrogen-bond donors (Lipinski definition) is 3. The lowest BCUT2D eigenvalue weighted by Gasteiger charge is -2.27. The van der Waals surface area contributed by atoms with Crippen molar-refractivity contribution in [2.45, 2.75) is 0 Å². The zero-order valence-corrected chi connectivity index (χ0v) is 15.6. The molecule has 0 saturated carbocycles. The molecule has 0 bridgehead atoms. The molecular weight excluding hydrogens is 373 g/mol. The van der Waals surface area contributed by atoms with Crippen molar-refractivity contribution in [3.8, 4) is 5.75 Å². The Labute approximate surface area is 162 Å². The van der Waals surface area contributed by atoms with Crippen molar-refractivity contribution in [2.24, 2.45) is 5.92 Å². The molecule has 0 aliphatic carbocycles. The van der Waals surface area contributed by atoms with Gasteiger partial charge in [-0.2, -0.15) is 0 Å². The maximum atomic E-state index is 13.6. The normalized spacial score (nSPS) is 13.1. The van der Waals surface area contributed by atoms with Gasteiger partial charge in [0.25, 0.3) is 11.8 Å². The van der Waals surface area contributed by atoms with Crippen LogP contribution in [0, 0.1) is 11.7 Å². The van der Waals surface area contributed by atoms with Crippen LogP contribution >= 0.6 is 12.4 Å². The Hall–Kier alpha value is -2.64. The van der Waals surface area contributed by atoms with Crippen molar-refractivity contribution >= 4 is 29.9 Å². The van der Waals surface area contributed by atoms with Gasteiger partial charge in [0, 0.05) is 31.1 Å². The fourth-order valence-electron chi connectivity index (χ4n) is 2.58. The Morgan fingerprint density at radius 3 is 2.44 bits per heavy atom. The van der Waals surface area contributed by atoms with E-state index < -0.39 is 11.7 Å². The molecule has 2 amide bonds. The summed E-state index contributed by atoms with van der Waals surface area (Å²) in [7, 11) is 1.53. The van der Waals surface area contributed by atoms with E-state index in [9.17, 15) is 14.0 Å². The molecule has 8 heteroatoms. The highest BCUT2D eigenvalue weighted by molar-refractivity contribution is 6.09. The quantitative estimate of drug-likeness (QED) is 0.704. The molecule has 0 unspecified atom stereocenters. The number of halogens is 2. The highest BCUT2D eigenvalue weighted by atomic mass is 35.5. The molecule has 3 N–H and O–H groups in total. The number of ether oxygens (including phenoxy) is 1. The minimum atomic E-state index is -0.533. The van der Waals surface area contributed by atoms with Crippen LogP contribution in [0.25, 0.3) is 0 Å². The van der Waals surface area contributed by atoms with Gasteiger partial charge in [0.15, 0.2) is 0 Å². The van der Waals surface area contributed by atoms with Gasteiger partial charge in [0.2, 0.25) is 0 Å². The number of benzene rings is 2. The standard InChI is InChI=1S/C19H20FN3O3.ClH/c1-26-15-5-2-13(3-6-15)18(24)23-17-8-14(20)4-7-16(17)19(25)22-11-12-9-21-10-12;/h2-8,12,21H,9-11H2,1H3,(H,22,25)(H,23,24);1H. The van der Waals surface area contributed by atoms with Crippen molar-refractivity contribution in [2.75, 3.05) is 32.1 Å². The van der Waals surface area contributed by atoms with E-state index in [1.807, 2.05) is 0 Å². The Balaban J connectivity index is 0.00000261. The fourth-order valence-corrected chi connectivity index (χ4v) is 2.58. The Morgan fingerprint density at radius 2 is 1.85 bits per heavy atom. The molecule has 27 heavy (non-hydrogen) atoms. The van der Waals surface area contributed by atoms with Crippen LogP contribution in [0.5, 0.6) is 5.75 Å². The lowest BCUT2D eigenvalue weighted by atomic mass is 10.0. The van der Waals surface area contributed by atoms with Gasteiger partial charge in [-0.1, -0.05) is 0 Å². The first kappa shape index (κ1) is 20.7. The number of methoxy groups -OCH3 is 1. The third-order valence-corrected chi connectivity index (χ3v) is 4.24. The number of amides is 2. The summed E-state index contributed by atoms with van der Waals surface area (Å²) < 4.78 is 18.7. The van der Waals surface area contributed by atoms with Crippen molar-refractivity contribution in [3.63, 3.8) is 0 Å². The molecule has 2 aromatic carbocycles. The van der Waals surface area contributed by atoms with E-state index in [1.165, 1.54) is 19.2 Å². The molecule has 6 nitrogen and oxygen atoms in total. The molecule has 1 saturated heterocycles. The van der Waals surface area contributed by atoms with E-state index >= 15 is 0 Å². The molecule has 2 aromatic rings. The topological polar surface area (TPSA) is 79.5 Å². The summed E-state index contributed by atoms with van der Waals surface area (Å²) in [5, 5.41) is 8.56. The third kappa shape index (κ3) is 5.18. The van der Waals surface area contributed by atoms with Gasteiger partial charge < -0.3 is 20.7 Å². The van der Waals surface area contributed by atoms with Crippen LogP contribution in [0.2, 0.25) is 0 Å². The van der Waals surface area contributed by atoms with Gasteiger partial charge in [-0.25, -0.2) is 4.39 Å². The Kier molecular flexibility index (Phi) is 7.15.